The highest BCUT2D eigenvalue weighted by Gasteiger charge is 2.21. The minimum absolute atomic E-state index is 0.621. The standard InChI is InChI=1S/C15H16N6/c1-12-18-15(10-20-9-5-8-14(20)17-11-16)21(19-12)13-6-3-2-4-7-13/h2-4,6-7H,5,8-10H2,1H3. The van der Waals surface area contributed by atoms with Gasteiger partial charge in [0.25, 0.3) is 0 Å². The Kier molecular flexibility index (Phi) is 3.65. The SMILES string of the molecule is Cc1nc(CN2CCCC2=NC#N)n(-c2ccccc2)n1. The van der Waals surface area contributed by atoms with Crippen molar-refractivity contribution in [3.63, 3.8) is 0 Å². The average molecular weight is 280 g/mol. The minimum Gasteiger partial charge on any atom is -0.352 e. The number of aryl methyl sites for hydroxylation is 1. The predicted octanol–water partition coefficient (Wildman–Crippen LogP) is 2.05. The molecule has 1 aliphatic heterocycles. The van der Waals surface area contributed by atoms with E-state index in [1.807, 2.05) is 48.1 Å². The molecule has 0 spiro atoms. The lowest BCUT2D eigenvalue weighted by Crippen LogP contribution is -2.26. The summed E-state index contributed by atoms with van der Waals surface area (Å²) in [6, 6.07) is 9.95. The van der Waals surface area contributed by atoms with E-state index < -0.39 is 0 Å². The molecule has 1 saturated heterocycles. The number of hydrogen-bond donors (Lipinski definition) is 0. The van der Waals surface area contributed by atoms with Gasteiger partial charge >= 0.3 is 0 Å². The van der Waals surface area contributed by atoms with Crippen molar-refractivity contribution in [2.75, 3.05) is 6.54 Å². The summed E-state index contributed by atoms with van der Waals surface area (Å²) < 4.78 is 1.86. The van der Waals surface area contributed by atoms with E-state index >= 15 is 0 Å². The molecule has 0 aliphatic carbocycles. The van der Waals surface area contributed by atoms with Crippen molar-refractivity contribution < 1.29 is 0 Å². The molecular formula is C15H16N6. The van der Waals surface area contributed by atoms with Crippen LogP contribution in [0.4, 0.5) is 0 Å². The monoisotopic (exact) mass is 280 g/mol. The van der Waals surface area contributed by atoms with Gasteiger partial charge in [-0.1, -0.05) is 18.2 Å². The van der Waals surface area contributed by atoms with E-state index in [1.54, 1.807) is 0 Å². The summed E-state index contributed by atoms with van der Waals surface area (Å²) in [5.41, 5.74) is 0.992. The molecule has 21 heavy (non-hydrogen) atoms. The minimum atomic E-state index is 0.621. The molecule has 0 unspecified atom stereocenters. The first-order valence-electron chi connectivity index (χ1n) is 6.96. The number of nitriles is 1. The Bertz CT molecular complexity index is 695. The van der Waals surface area contributed by atoms with Gasteiger partial charge in [-0.25, -0.2) is 9.67 Å². The number of rotatable bonds is 3. The smallest absolute Gasteiger partial charge is 0.207 e. The number of benzene rings is 1. The molecule has 3 rings (SSSR count). The Morgan fingerprint density at radius 2 is 2.14 bits per heavy atom. The molecular weight excluding hydrogens is 264 g/mol. The van der Waals surface area contributed by atoms with Crippen LogP contribution in [0.3, 0.4) is 0 Å². The van der Waals surface area contributed by atoms with Crippen LogP contribution in [-0.2, 0) is 6.54 Å². The number of aliphatic imine (C=N–C) groups is 1. The average Bonchev–Trinajstić information content (AvgIpc) is 3.08. The molecule has 0 saturated carbocycles. The molecule has 0 N–H and O–H groups in total. The van der Waals surface area contributed by atoms with Crippen molar-refractivity contribution in [2.45, 2.75) is 26.3 Å². The van der Waals surface area contributed by atoms with Gasteiger partial charge in [-0.15, -0.1) is 0 Å². The Labute approximate surface area is 123 Å². The molecule has 0 radical (unpaired) electrons. The van der Waals surface area contributed by atoms with Gasteiger partial charge in [0, 0.05) is 13.0 Å². The highest BCUT2D eigenvalue weighted by molar-refractivity contribution is 5.84. The van der Waals surface area contributed by atoms with Crippen LogP contribution in [0.2, 0.25) is 0 Å². The molecule has 6 heteroatoms. The van der Waals surface area contributed by atoms with Gasteiger partial charge < -0.3 is 4.90 Å². The maximum Gasteiger partial charge on any atom is 0.207 e. The fourth-order valence-corrected chi connectivity index (χ4v) is 2.58. The third-order valence-corrected chi connectivity index (χ3v) is 3.49. The maximum atomic E-state index is 8.75. The van der Waals surface area contributed by atoms with Crippen molar-refractivity contribution in [3.05, 3.63) is 42.0 Å². The fourth-order valence-electron chi connectivity index (χ4n) is 2.58. The van der Waals surface area contributed by atoms with Gasteiger partial charge in [0.05, 0.1) is 12.2 Å². The maximum absolute atomic E-state index is 8.75. The van der Waals surface area contributed by atoms with E-state index in [-0.39, 0.29) is 0 Å². The number of aromatic nitrogens is 3. The summed E-state index contributed by atoms with van der Waals surface area (Å²) in [6.07, 6.45) is 3.76. The Morgan fingerprint density at radius 1 is 1.33 bits per heavy atom. The quantitative estimate of drug-likeness (QED) is 0.807. The van der Waals surface area contributed by atoms with Crippen molar-refractivity contribution in [1.29, 1.82) is 5.26 Å². The summed E-state index contributed by atoms with van der Waals surface area (Å²) in [5.74, 6) is 2.45. The Morgan fingerprint density at radius 3 is 2.90 bits per heavy atom. The third-order valence-electron chi connectivity index (χ3n) is 3.49. The van der Waals surface area contributed by atoms with Crippen LogP contribution in [0.15, 0.2) is 35.3 Å². The molecule has 0 bridgehead atoms. The van der Waals surface area contributed by atoms with Crippen LogP contribution in [-0.4, -0.2) is 32.0 Å². The van der Waals surface area contributed by atoms with E-state index in [9.17, 15) is 0 Å². The molecule has 0 amide bonds. The lowest BCUT2D eigenvalue weighted by molar-refractivity contribution is 0.429. The topological polar surface area (TPSA) is 70.1 Å². The summed E-state index contributed by atoms with van der Waals surface area (Å²) in [4.78, 5) is 10.5. The summed E-state index contributed by atoms with van der Waals surface area (Å²) >= 11 is 0. The zero-order chi connectivity index (χ0) is 14.7. The van der Waals surface area contributed by atoms with Crippen LogP contribution >= 0.6 is 0 Å². The lowest BCUT2D eigenvalue weighted by atomic mass is 10.3. The zero-order valence-corrected chi connectivity index (χ0v) is 11.9. The number of amidine groups is 1. The molecule has 1 aromatic carbocycles. The van der Waals surface area contributed by atoms with Gasteiger partial charge in [0.15, 0.2) is 5.82 Å². The highest BCUT2D eigenvalue weighted by Crippen LogP contribution is 2.17. The van der Waals surface area contributed by atoms with Crippen molar-refractivity contribution in [2.24, 2.45) is 4.99 Å². The van der Waals surface area contributed by atoms with Gasteiger partial charge in [-0.2, -0.15) is 15.4 Å². The van der Waals surface area contributed by atoms with Crippen molar-refractivity contribution in [1.82, 2.24) is 19.7 Å². The first kappa shape index (κ1) is 13.3. The second-order valence-corrected chi connectivity index (χ2v) is 4.98. The molecule has 0 atom stereocenters. The first-order chi connectivity index (χ1) is 10.3. The normalized spacial score (nSPS) is 16.4. The summed E-state index contributed by atoms with van der Waals surface area (Å²) in [5, 5.41) is 13.2. The summed E-state index contributed by atoms with van der Waals surface area (Å²) in [7, 11) is 0. The van der Waals surface area contributed by atoms with E-state index in [1.165, 1.54) is 0 Å². The molecule has 1 aliphatic rings. The Balaban J connectivity index is 1.90. The second kappa shape index (κ2) is 5.75. The third kappa shape index (κ3) is 2.77. The van der Waals surface area contributed by atoms with E-state index in [0.717, 1.165) is 42.6 Å². The second-order valence-electron chi connectivity index (χ2n) is 4.98. The molecule has 106 valence electrons. The van der Waals surface area contributed by atoms with Crippen LogP contribution in [0.1, 0.15) is 24.5 Å². The van der Waals surface area contributed by atoms with Gasteiger partial charge in [0.1, 0.15) is 11.7 Å². The van der Waals surface area contributed by atoms with Gasteiger partial charge in [-0.05, 0) is 25.5 Å². The van der Waals surface area contributed by atoms with E-state index in [0.29, 0.717) is 6.54 Å². The number of likely N-dealkylation sites (tertiary alicyclic amines) is 1. The molecule has 1 fully saturated rings. The van der Waals surface area contributed by atoms with Crippen LogP contribution < -0.4 is 0 Å². The van der Waals surface area contributed by atoms with Gasteiger partial charge in [-0.3, -0.25) is 0 Å². The number of nitrogens with zero attached hydrogens (tertiary/aromatic N) is 6. The van der Waals surface area contributed by atoms with Crippen molar-refractivity contribution >= 4 is 5.84 Å². The first-order valence-corrected chi connectivity index (χ1v) is 6.96. The fraction of sp³-hybridized carbons (Fsp3) is 0.333. The highest BCUT2D eigenvalue weighted by atomic mass is 15.4. The molecule has 1 aromatic heterocycles. The van der Waals surface area contributed by atoms with Crippen molar-refractivity contribution in [3.8, 4) is 11.9 Å². The number of para-hydroxylation sites is 1. The van der Waals surface area contributed by atoms with Crippen LogP contribution in [0.25, 0.3) is 5.69 Å². The molecule has 2 aromatic rings. The summed E-state index contributed by atoms with van der Waals surface area (Å²) in [6.45, 7) is 3.41. The Hall–Kier alpha value is -2.68. The van der Waals surface area contributed by atoms with Crippen LogP contribution in [0, 0.1) is 18.4 Å². The molecule has 6 nitrogen and oxygen atoms in total. The zero-order valence-electron chi connectivity index (χ0n) is 11.9. The van der Waals surface area contributed by atoms with E-state index in [2.05, 4.69) is 20.0 Å². The largest absolute Gasteiger partial charge is 0.352 e. The van der Waals surface area contributed by atoms with E-state index in [4.69, 9.17) is 5.26 Å². The number of hydrogen-bond acceptors (Lipinski definition) is 4. The lowest BCUT2D eigenvalue weighted by Gasteiger charge is -2.17. The van der Waals surface area contributed by atoms with Crippen LogP contribution in [0.5, 0.6) is 0 Å². The predicted molar refractivity (Wildman–Crippen MR) is 78.8 cm³/mol. The van der Waals surface area contributed by atoms with Gasteiger partial charge in [0.2, 0.25) is 6.19 Å². The molecule has 2 heterocycles.